The Morgan fingerprint density at radius 1 is 1.17 bits per heavy atom. The van der Waals surface area contributed by atoms with Gasteiger partial charge in [0.1, 0.15) is 0 Å². The van der Waals surface area contributed by atoms with Crippen LogP contribution in [0.1, 0.15) is 15.9 Å². The third-order valence-electron chi connectivity index (χ3n) is 3.98. The molecule has 156 valence electrons. The molecule has 0 aliphatic heterocycles. The van der Waals surface area contributed by atoms with Crippen LogP contribution in [0, 0.1) is 3.57 Å². The number of rotatable bonds is 6. The molecule has 0 fully saturated rings. The van der Waals surface area contributed by atoms with Crippen molar-refractivity contribution in [2.24, 2.45) is 0 Å². The molecule has 0 saturated carbocycles. The number of anilines is 1. The Balaban J connectivity index is 1.95. The predicted octanol–water partition coefficient (Wildman–Crippen LogP) is 5.35. The monoisotopic (exact) mass is 547 g/mol. The number of benzene rings is 1. The molecule has 2 N–H and O–H groups in total. The van der Waals surface area contributed by atoms with Crippen molar-refractivity contribution >= 4 is 45.7 Å². The van der Waals surface area contributed by atoms with Crippen LogP contribution in [-0.4, -0.2) is 28.5 Å². The van der Waals surface area contributed by atoms with Gasteiger partial charge in [0.2, 0.25) is 5.88 Å². The summed E-state index contributed by atoms with van der Waals surface area (Å²) in [6.07, 6.45) is -0.144. The number of carbonyl (C=O) groups excluding carboxylic acids is 1. The van der Waals surface area contributed by atoms with Crippen molar-refractivity contribution in [2.75, 3.05) is 12.3 Å². The van der Waals surface area contributed by atoms with Gasteiger partial charge in [0.15, 0.2) is 12.4 Å². The number of aromatic nitrogens is 2. The van der Waals surface area contributed by atoms with E-state index in [0.29, 0.717) is 22.4 Å². The molecule has 0 amide bonds. The van der Waals surface area contributed by atoms with Gasteiger partial charge in [0, 0.05) is 39.7 Å². The van der Waals surface area contributed by atoms with Gasteiger partial charge in [0.25, 0.3) is 0 Å². The van der Waals surface area contributed by atoms with E-state index in [4.69, 9.17) is 22.1 Å². The molecule has 0 aliphatic rings. The maximum Gasteiger partial charge on any atom is 0.422 e. The van der Waals surface area contributed by atoms with Crippen LogP contribution in [0.4, 0.5) is 18.9 Å². The molecule has 3 aromatic rings. The van der Waals surface area contributed by atoms with E-state index < -0.39 is 12.8 Å². The smallest absolute Gasteiger partial charge is 0.422 e. The Hall–Kier alpha value is -2.40. The normalized spacial score (nSPS) is 11.4. The number of Topliss-reactive ketones (excluding diaryl/α,β-unsaturated/α-hetero) is 1. The first kappa shape index (κ1) is 22.3. The van der Waals surface area contributed by atoms with Gasteiger partial charge in [0.05, 0.1) is 10.7 Å². The minimum absolute atomic E-state index is 0.00989. The molecular formula is C20H14ClF3IN3O2. The SMILES string of the molecule is Nc1ccc(-c2cc(CC(=O)c3cncc(I)c3)cnc2OCC(F)(F)F)cc1Cl. The zero-order valence-electron chi connectivity index (χ0n) is 15.2. The molecule has 0 radical (unpaired) electrons. The minimum atomic E-state index is -4.52. The third kappa shape index (κ3) is 5.82. The Kier molecular flexibility index (Phi) is 6.81. The van der Waals surface area contributed by atoms with Gasteiger partial charge in [-0.05, 0) is 58.0 Å². The molecule has 10 heteroatoms. The number of pyridine rings is 2. The molecule has 2 aromatic heterocycles. The number of nitrogen functional groups attached to an aromatic ring is 1. The van der Waals surface area contributed by atoms with Crippen molar-refractivity contribution in [2.45, 2.75) is 12.6 Å². The summed E-state index contributed by atoms with van der Waals surface area (Å²) in [7, 11) is 0. The number of ether oxygens (including phenoxy) is 1. The zero-order chi connectivity index (χ0) is 21.9. The molecule has 0 aliphatic carbocycles. The zero-order valence-corrected chi connectivity index (χ0v) is 18.1. The second-order valence-electron chi connectivity index (χ2n) is 6.33. The first-order valence-corrected chi connectivity index (χ1v) is 9.95. The Morgan fingerprint density at radius 3 is 2.60 bits per heavy atom. The highest BCUT2D eigenvalue weighted by atomic mass is 127. The van der Waals surface area contributed by atoms with Gasteiger partial charge in [-0.2, -0.15) is 13.2 Å². The molecule has 30 heavy (non-hydrogen) atoms. The van der Waals surface area contributed by atoms with Gasteiger partial charge >= 0.3 is 6.18 Å². The standard InChI is InChI=1S/C20H14ClF3IN3O2/c21-16-6-12(1-2-17(16)26)15-3-11(7-28-19(15)30-10-20(22,23)24)4-18(29)13-5-14(25)9-27-8-13/h1-3,5-9H,4,10,26H2. The van der Waals surface area contributed by atoms with Crippen molar-refractivity contribution in [3.63, 3.8) is 0 Å². The van der Waals surface area contributed by atoms with E-state index in [1.807, 2.05) is 0 Å². The summed E-state index contributed by atoms with van der Waals surface area (Å²) in [5, 5.41) is 0.237. The van der Waals surface area contributed by atoms with Crippen LogP contribution in [-0.2, 0) is 6.42 Å². The van der Waals surface area contributed by atoms with Crippen LogP contribution in [0.5, 0.6) is 5.88 Å². The predicted molar refractivity (Wildman–Crippen MR) is 116 cm³/mol. The Labute approximate surface area is 188 Å². The number of carbonyl (C=O) groups is 1. The van der Waals surface area contributed by atoms with Gasteiger partial charge in [-0.1, -0.05) is 17.7 Å². The number of nitrogens with two attached hydrogens (primary N) is 1. The summed E-state index contributed by atoms with van der Waals surface area (Å²) < 4.78 is 43.6. The quantitative estimate of drug-likeness (QED) is 0.256. The molecule has 0 unspecified atom stereocenters. The molecule has 1 aromatic carbocycles. The molecule has 0 bridgehead atoms. The van der Waals surface area contributed by atoms with Crippen LogP contribution >= 0.6 is 34.2 Å². The number of halogens is 5. The first-order chi connectivity index (χ1) is 14.1. The molecule has 0 saturated heterocycles. The number of hydrogen-bond donors (Lipinski definition) is 1. The summed E-state index contributed by atoms with van der Waals surface area (Å²) in [5.41, 5.74) is 7.70. The first-order valence-electron chi connectivity index (χ1n) is 8.50. The number of ketones is 1. The molecular weight excluding hydrogens is 534 g/mol. The summed E-state index contributed by atoms with van der Waals surface area (Å²) in [6.45, 7) is -1.50. The topological polar surface area (TPSA) is 78.1 Å². The Morgan fingerprint density at radius 2 is 1.93 bits per heavy atom. The molecule has 3 rings (SSSR count). The number of alkyl halides is 3. The maximum absolute atomic E-state index is 12.6. The van der Waals surface area contributed by atoms with E-state index in [2.05, 4.69) is 32.6 Å². The highest BCUT2D eigenvalue weighted by Crippen LogP contribution is 2.34. The highest BCUT2D eigenvalue weighted by molar-refractivity contribution is 14.1. The summed E-state index contributed by atoms with van der Waals surface area (Å²) in [5.74, 6) is -0.423. The van der Waals surface area contributed by atoms with E-state index >= 15 is 0 Å². The molecule has 0 atom stereocenters. The van der Waals surface area contributed by atoms with Crippen LogP contribution in [0.3, 0.4) is 0 Å². The van der Waals surface area contributed by atoms with Crippen molar-refractivity contribution in [3.8, 4) is 17.0 Å². The lowest BCUT2D eigenvalue weighted by molar-refractivity contribution is -0.154. The average molecular weight is 548 g/mol. The van der Waals surface area contributed by atoms with Crippen LogP contribution in [0.25, 0.3) is 11.1 Å². The van der Waals surface area contributed by atoms with Crippen molar-refractivity contribution in [1.29, 1.82) is 0 Å². The number of hydrogen-bond acceptors (Lipinski definition) is 5. The average Bonchev–Trinajstić information content (AvgIpc) is 2.68. The molecule has 5 nitrogen and oxygen atoms in total. The third-order valence-corrected chi connectivity index (χ3v) is 4.90. The van der Waals surface area contributed by atoms with Crippen LogP contribution in [0.2, 0.25) is 5.02 Å². The number of nitrogens with zero attached hydrogens (tertiary/aromatic N) is 2. The van der Waals surface area contributed by atoms with Gasteiger partial charge in [-0.25, -0.2) is 4.98 Å². The van der Waals surface area contributed by atoms with E-state index in [1.165, 1.54) is 24.5 Å². The summed E-state index contributed by atoms with van der Waals surface area (Å²) >= 11 is 8.11. The molecule has 2 heterocycles. The minimum Gasteiger partial charge on any atom is -0.468 e. The van der Waals surface area contributed by atoms with Gasteiger partial charge in [-0.15, -0.1) is 0 Å². The van der Waals surface area contributed by atoms with Crippen molar-refractivity contribution in [1.82, 2.24) is 9.97 Å². The highest BCUT2D eigenvalue weighted by Gasteiger charge is 2.29. The lowest BCUT2D eigenvalue weighted by Gasteiger charge is -2.14. The summed E-state index contributed by atoms with van der Waals surface area (Å²) in [4.78, 5) is 20.6. The fraction of sp³-hybridized carbons (Fsp3) is 0.150. The van der Waals surface area contributed by atoms with Gasteiger partial charge < -0.3 is 10.5 Å². The van der Waals surface area contributed by atoms with Crippen LogP contribution in [0.15, 0.2) is 48.9 Å². The van der Waals surface area contributed by atoms with E-state index in [1.54, 1.807) is 24.4 Å². The largest absolute Gasteiger partial charge is 0.468 e. The van der Waals surface area contributed by atoms with Crippen LogP contribution < -0.4 is 10.5 Å². The van der Waals surface area contributed by atoms with Crippen molar-refractivity contribution in [3.05, 3.63) is 68.6 Å². The van der Waals surface area contributed by atoms with E-state index in [0.717, 1.165) is 3.57 Å². The Bertz CT molecular complexity index is 1090. The lowest BCUT2D eigenvalue weighted by atomic mass is 10.0. The summed E-state index contributed by atoms with van der Waals surface area (Å²) in [6, 6.07) is 7.88. The second-order valence-corrected chi connectivity index (χ2v) is 7.98. The second kappa shape index (κ2) is 9.17. The van der Waals surface area contributed by atoms with E-state index in [9.17, 15) is 18.0 Å². The van der Waals surface area contributed by atoms with Gasteiger partial charge in [-0.3, -0.25) is 9.78 Å². The van der Waals surface area contributed by atoms with E-state index in [-0.39, 0.29) is 28.7 Å². The fourth-order valence-corrected chi connectivity index (χ4v) is 3.29. The lowest BCUT2D eigenvalue weighted by Crippen LogP contribution is -2.20. The maximum atomic E-state index is 12.6. The molecule has 0 spiro atoms. The fourth-order valence-electron chi connectivity index (χ4n) is 2.61. The van der Waals surface area contributed by atoms with Crippen molar-refractivity contribution < 1.29 is 22.7 Å².